The lowest BCUT2D eigenvalue weighted by molar-refractivity contribution is 0.463. The molecule has 0 amide bonds. The number of hydrogen-bond donors (Lipinski definition) is 1. The smallest absolute Gasteiger partial charge is 0.241 e. The molecule has 0 fully saturated rings. The van der Waals surface area contributed by atoms with E-state index in [0.717, 1.165) is 10.0 Å². The van der Waals surface area contributed by atoms with Crippen molar-refractivity contribution in [3.63, 3.8) is 0 Å². The normalized spacial score (nSPS) is 11.7. The molecule has 7 heteroatoms. The molecule has 0 atom stereocenters. The Morgan fingerprint density at radius 1 is 1.37 bits per heavy atom. The zero-order valence-corrected chi connectivity index (χ0v) is 12.9. The van der Waals surface area contributed by atoms with Crippen molar-refractivity contribution >= 4 is 26.0 Å². The Morgan fingerprint density at radius 3 is 2.68 bits per heavy atom. The monoisotopic (exact) mass is 344 g/mol. The lowest BCUT2D eigenvalue weighted by atomic mass is 10.2. The molecule has 5 nitrogen and oxygen atoms in total. The number of nitrogens with one attached hydrogen (secondary N) is 1. The van der Waals surface area contributed by atoms with Gasteiger partial charge in [0.1, 0.15) is 5.76 Å². The summed E-state index contributed by atoms with van der Waals surface area (Å²) in [6, 6.07) is 4.85. The Morgan fingerprint density at radius 2 is 2.11 bits per heavy atom. The molecule has 0 aliphatic heterocycles. The Balaban J connectivity index is 2.16. The van der Waals surface area contributed by atoms with Crippen LogP contribution in [-0.4, -0.2) is 13.4 Å². The molecule has 1 aromatic carbocycles. The molecule has 2 rings (SSSR count). The first-order valence-electron chi connectivity index (χ1n) is 5.55. The first-order chi connectivity index (χ1) is 8.88. The topological polar surface area (TPSA) is 72.2 Å². The molecule has 0 bridgehead atoms. The first kappa shape index (κ1) is 14.2. The molecule has 0 saturated heterocycles. The highest BCUT2D eigenvalue weighted by Gasteiger charge is 2.15. The van der Waals surface area contributed by atoms with Crippen LogP contribution in [0.3, 0.4) is 0 Å². The van der Waals surface area contributed by atoms with E-state index in [-0.39, 0.29) is 11.4 Å². The quantitative estimate of drug-likeness (QED) is 0.924. The van der Waals surface area contributed by atoms with Crippen LogP contribution < -0.4 is 4.72 Å². The van der Waals surface area contributed by atoms with Crippen molar-refractivity contribution < 1.29 is 12.8 Å². The van der Waals surface area contributed by atoms with E-state index < -0.39 is 10.0 Å². The summed E-state index contributed by atoms with van der Waals surface area (Å²) in [5.41, 5.74) is 0.856. The van der Waals surface area contributed by atoms with Crippen molar-refractivity contribution in [3.05, 3.63) is 46.1 Å². The van der Waals surface area contributed by atoms with E-state index in [9.17, 15) is 8.42 Å². The second kappa shape index (κ2) is 5.44. The molecule has 1 N–H and O–H groups in total. The van der Waals surface area contributed by atoms with Crippen LogP contribution in [0.25, 0.3) is 0 Å². The van der Waals surface area contributed by atoms with E-state index in [2.05, 4.69) is 25.6 Å². The number of sulfonamides is 1. The average Bonchev–Trinajstić information content (AvgIpc) is 2.76. The number of hydrogen-bond acceptors (Lipinski definition) is 4. The van der Waals surface area contributed by atoms with Gasteiger partial charge in [-0.2, -0.15) is 0 Å². The molecule has 0 radical (unpaired) electrons. The molecule has 0 saturated carbocycles. The van der Waals surface area contributed by atoms with Gasteiger partial charge in [0.2, 0.25) is 15.9 Å². The maximum Gasteiger partial charge on any atom is 0.241 e. The SMILES string of the molecule is Cc1cnc(CNS(=O)(=O)c2ccc(Br)c(C)c2)o1. The van der Waals surface area contributed by atoms with Gasteiger partial charge in [-0.25, -0.2) is 18.1 Å². The van der Waals surface area contributed by atoms with Crippen molar-refractivity contribution in [1.29, 1.82) is 0 Å². The van der Waals surface area contributed by atoms with Crippen LogP contribution in [-0.2, 0) is 16.6 Å². The average molecular weight is 345 g/mol. The third kappa shape index (κ3) is 3.43. The third-order valence-electron chi connectivity index (χ3n) is 2.52. The van der Waals surface area contributed by atoms with Gasteiger partial charge in [-0.15, -0.1) is 0 Å². The number of aryl methyl sites for hydroxylation is 2. The fourth-order valence-corrected chi connectivity index (χ4v) is 2.81. The van der Waals surface area contributed by atoms with Crippen LogP contribution in [0.4, 0.5) is 0 Å². The van der Waals surface area contributed by atoms with Crippen molar-refractivity contribution in [1.82, 2.24) is 9.71 Å². The van der Waals surface area contributed by atoms with Crippen LogP contribution >= 0.6 is 15.9 Å². The maximum atomic E-state index is 12.1. The minimum atomic E-state index is -3.56. The van der Waals surface area contributed by atoms with Crippen LogP contribution in [0.2, 0.25) is 0 Å². The molecular weight excluding hydrogens is 332 g/mol. The molecule has 0 aliphatic rings. The van der Waals surface area contributed by atoms with E-state index >= 15 is 0 Å². The highest BCUT2D eigenvalue weighted by molar-refractivity contribution is 9.10. The van der Waals surface area contributed by atoms with Crippen LogP contribution in [0, 0.1) is 13.8 Å². The Bertz CT molecular complexity index is 695. The summed E-state index contributed by atoms with van der Waals surface area (Å²) in [7, 11) is -3.56. The summed E-state index contributed by atoms with van der Waals surface area (Å²) in [6.07, 6.45) is 1.55. The molecule has 0 unspecified atom stereocenters. The Labute approximate surface area is 120 Å². The Kier molecular flexibility index (Phi) is 4.07. The minimum absolute atomic E-state index is 0.0330. The zero-order chi connectivity index (χ0) is 14.0. The lowest BCUT2D eigenvalue weighted by Gasteiger charge is -2.06. The van der Waals surface area contributed by atoms with Gasteiger partial charge in [0.15, 0.2) is 0 Å². The summed E-state index contributed by atoms with van der Waals surface area (Å²) in [4.78, 5) is 4.16. The van der Waals surface area contributed by atoms with Crippen LogP contribution in [0.5, 0.6) is 0 Å². The van der Waals surface area contributed by atoms with E-state index in [0.29, 0.717) is 11.7 Å². The molecule has 102 valence electrons. The van der Waals surface area contributed by atoms with Crippen LogP contribution in [0.15, 0.2) is 38.2 Å². The zero-order valence-electron chi connectivity index (χ0n) is 10.5. The fraction of sp³-hybridized carbons (Fsp3) is 0.250. The van der Waals surface area contributed by atoms with Gasteiger partial charge >= 0.3 is 0 Å². The second-order valence-corrected chi connectivity index (χ2v) is 6.72. The molecule has 1 heterocycles. The van der Waals surface area contributed by atoms with Crippen molar-refractivity contribution in [2.45, 2.75) is 25.3 Å². The molecule has 2 aromatic rings. The Hall–Kier alpha value is -1.18. The minimum Gasteiger partial charge on any atom is -0.445 e. The summed E-state index contributed by atoms with van der Waals surface area (Å²) in [5, 5.41) is 0. The van der Waals surface area contributed by atoms with Gasteiger partial charge in [-0.3, -0.25) is 0 Å². The highest BCUT2D eigenvalue weighted by Crippen LogP contribution is 2.20. The number of aromatic nitrogens is 1. The standard InChI is InChI=1S/C12H13BrN2O3S/c1-8-5-10(3-4-11(8)13)19(16,17)15-7-12-14-6-9(2)18-12/h3-6,15H,7H2,1-2H3. The fourth-order valence-electron chi connectivity index (χ4n) is 1.51. The van der Waals surface area contributed by atoms with Crippen LogP contribution in [0.1, 0.15) is 17.2 Å². The van der Waals surface area contributed by atoms with E-state index in [4.69, 9.17) is 4.42 Å². The van der Waals surface area contributed by atoms with Gasteiger partial charge in [0.25, 0.3) is 0 Å². The van der Waals surface area contributed by atoms with E-state index in [1.807, 2.05) is 6.92 Å². The maximum absolute atomic E-state index is 12.1. The molecular formula is C12H13BrN2O3S. The molecule has 0 aliphatic carbocycles. The predicted molar refractivity (Wildman–Crippen MR) is 74.1 cm³/mol. The summed E-state index contributed by atoms with van der Waals surface area (Å²) in [5.74, 6) is 0.989. The van der Waals surface area contributed by atoms with Gasteiger partial charge in [-0.1, -0.05) is 15.9 Å². The largest absolute Gasteiger partial charge is 0.445 e. The summed E-state index contributed by atoms with van der Waals surface area (Å²) in [6.45, 7) is 3.62. The number of rotatable bonds is 4. The van der Waals surface area contributed by atoms with Crippen molar-refractivity contribution in [2.24, 2.45) is 0 Å². The van der Waals surface area contributed by atoms with Gasteiger partial charge in [0.05, 0.1) is 17.6 Å². The first-order valence-corrected chi connectivity index (χ1v) is 7.83. The summed E-state index contributed by atoms with van der Waals surface area (Å²) < 4.78 is 32.7. The van der Waals surface area contributed by atoms with E-state index in [1.54, 1.807) is 31.3 Å². The second-order valence-electron chi connectivity index (χ2n) is 4.10. The van der Waals surface area contributed by atoms with Crippen molar-refractivity contribution in [3.8, 4) is 0 Å². The van der Waals surface area contributed by atoms with Crippen molar-refractivity contribution in [2.75, 3.05) is 0 Å². The molecule has 0 spiro atoms. The highest BCUT2D eigenvalue weighted by atomic mass is 79.9. The van der Waals surface area contributed by atoms with Gasteiger partial charge in [0, 0.05) is 4.47 Å². The number of halogens is 1. The van der Waals surface area contributed by atoms with E-state index in [1.165, 1.54) is 0 Å². The number of nitrogens with zero attached hydrogens (tertiary/aromatic N) is 1. The molecule has 19 heavy (non-hydrogen) atoms. The lowest BCUT2D eigenvalue weighted by Crippen LogP contribution is -2.23. The third-order valence-corrected chi connectivity index (χ3v) is 4.81. The summed E-state index contributed by atoms with van der Waals surface area (Å²) >= 11 is 3.33. The number of benzene rings is 1. The number of oxazole rings is 1. The predicted octanol–water partition coefficient (Wildman–Crippen LogP) is 2.53. The van der Waals surface area contributed by atoms with Gasteiger partial charge in [-0.05, 0) is 37.6 Å². The van der Waals surface area contributed by atoms with Gasteiger partial charge < -0.3 is 4.42 Å². The molecule has 1 aromatic heterocycles.